The molecule has 2 aromatic rings. The summed E-state index contributed by atoms with van der Waals surface area (Å²) in [5.74, 6) is 0. The second-order valence-corrected chi connectivity index (χ2v) is 6.67. The van der Waals surface area contributed by atoms with Crippen LogP contribution in [0, 0.1) is 6.92 Å². The van der Waals surface area contributed by atoms with E-state index in [9.17, 15) is 5.11 Å². The molecule has 1 heterocycles. The largest absolute Gasteiger partial charge is 0.366 e. The van der Waals surface area contributed by atoms with Crippen LogP contribution < -0.4 is 4.90 Å². The van der Waals surface area contributed by atoms with E-state index in [0.717, 1.165) is 11.3 Å². The first kappa shape index (κ1) is 18.3. The highest BCUT2D eigenvalue weighted by atomic mass is 16.3. The van der Waals surface area contributed by atoms with Gasteiger partial charge in [-0.05, 0) is 30.2 Å². The summed E-state index contributed by atoms with van der Waals surface area (Å²) in [4.78, 5) is 1.97. The summed E-state index contributed by atoms with van der Waals surface area (Å²) in [5.41, 5.74) is 3.17. The minimum atomic E-state index is -1.04. The van der Waals surface area contributed by atoms with Crippen molar-refractivity contribution in [2.45, 2.75) is 45.8 Å². The fourth-order valence-electron chi connectivity index (χ4n) is 3.40. The van der Waals surface area contributed by atoms with E-state index in [1.165, 1.54) is 11.1 Å². The standard InChI is InChI=1S/C20H23NO.C2H6/c1-15-8-7-9-16(14-15)12-13-20(22)19(2,3)17-10-5-6-11-18(17)21(20)4;1-2/h5-14,22H,1-4H3;1-2H3/b13-12-;. The zero-order valence-electron chi connectivity index (χ0n) is 15.7. The summed E-state index contributed by atoms with van der Waals surface area (Å²) in [6.07, 6.45) is 3.93. The van der Waals surface area contributed by atoms with Crippen molar-refractivity contribution in [1.82, 2.24) is 0 Å². The Morgan fingerprint density at radius 3 is 2.29 bits per heavy atom. The van der Waals surface area contributed by atoms with Crippen molar-refractivity contribution in [3.63, 3.8) is 0 Å². The molecule has 2 heteroatoms. The summed E-state index contributed by atoms with van der Waals surface area (Å²) in [6, 6.07) is 16.5. The first-order chi connectivity index (χ1) is 11.4. The van der Waals surface area contributed by atoms with Crippen molar-refractivity contribution in [1.29, 1.82) is 0 Å². The predicted molar refractivity (Wildman–Crippen MR) is 104 cm³/mol. The van der Waals surface area contributed by atoms with Gasteiger partial charge in [-0.2, -0.15) is 0 Å². The fraction of sp³-hybridized carbons (Fsp3) is 0.364. The maximum Gasteiger partial charge on any atom is 0.166 e. The molecule has 1 aliphatic heterocycles. The SMILES string of the molecule is CC.Cc1cccc(/C=C\C2(O)N(C)c3ccccc3C2(C)C)c1. The summed E-state index contributed by atoms with van der Waals surface area (Å²) in [6.45, 7) is 10.3. The number of nitrogens with zero attached hydrogens (tertiary/aromatic N) is 1. The van der Waals surface area contributed by atoms with Crippen LogP contribution in [0.2, 0.25) is 0 Å². The third-order valence-corrected chi connectivity index (χ3v) is 4.92. The van der Waals surface area contributed by atoms with Crippen LogP contribution in [0.3, 0.4) is 0 Å². The molecular formula is C22H29NO. The molecule has 0 fully saturated rings. The molecular weight excluding hydrogens is 294 g/mol. The highest BCUT2D eigenvalue weighted by molar-refractivity contribution is 5.68. The molecule has 0 saturated heterocycles. The normalized spacial score (nSPS) is 21.4. The monoisotopic (exact) mass is 323 g/mol. The van der Waals surface area contributed by atoms with Crippen LogP contribution in [-0.4, -0.2) is 17.9 Å². The van der Waals surface area contributed by atoms with Crippen molar-refractivity contribution < 1.29 is 5.11 Å². The minimum absolute atomic E-state index is 0.376. The maximum absolute atomic E-state index is 11.4. The Kier molecular flexibility index (Phi) is 5.19. The lowest BCUT2D eigenvalue weighted by Gasteiger charge is -2.39. The summed E-state index contributed by atoms with van der Waals surface area (Å²) >= 11 is 0. The Hall–Kier alpha value is -2.06. The van der Waals surface area contributed by atoms with Gasteiger partial charge in [-0.1, -0.05) is 81.8 Å². The predicted octanol–water partition coefficient (Wildman–Crippen LogP) is 5.15. The van der Waals surface area contributed by atoms with Gasteiger partial charge in [-0.15, -0.1) is 0 Å². The molecule has 24 heavy (non-hydrogen) atoms. The number of benzene rings is 2. The van der Waals surface area contributed by atoms with Crippen molar-refractivity contribution >= 4 is 11.8 Å². The number of para-hydroxylation sites is 1. The van der Waals surface area contributed by atoms with Gasteiger partial charge in [0.15, 0.2) is 5.72 Å². The lowest BCUT2D eigenvalue weighted by Crippen LogP contribution is -2.52. The lowest BCUT2D eigenvalue weighted by atomic mass is 9.77. The average molecular weight is 323 g/mol. The quantitative estimate of drug-likeness (QED) is 0.826. The highest BCUT2D eigenvalue weighted by Crippen LogP contribution is 2.50. The molecule has 3 rings (SSSR count). The van der Waals surface area contributed by atoms with Gasteiger partial charge < -0.3 is 10.0 Å². The molecule has 0 saturated carbocycles. The number of likely N-dealkylation sites (N-methyl/N-ethyl adjacent to an activating group) is 1. The van der Waals surface area contributed by atoms with E-state index in [-0.39, 0.29) is 5.41 Å². The van der Waals surface area contributed by atoms with Crippen LogP contribution in [0.1, 0.15) is 44.4 Å². The smallest absolute Gasteiger partial charge is 0.166 e. The summed E-state index contributed by atoms with van der Waals surface area (Å²) < 4.78 is 0. The lowest BCUT2D eigenvalue weighted by molar-refractivity contribution is 0.0348. The molecule has 1 N–H and O–H groups in total. The van der Waals surface area contributed by atoms with Gasteiger partial charge in [-0.25, -0.2) is 0 Å². The van der Waals surface area contributed by atoms with Crippen molar-refractivity contribution in [3.8, 4) is 0 Å². The summed E-state index contributed by atoms with van der Waals surface area (Å²) in [7, 11) is 1.95. The maximum atomic E-state index is 11.4. The van der Waals surface area contributed by atoms with Crippen molar-refractivity contribution in [3.05, 3.63) is 71.3 Å². The molecule has 1 atom stereocenters. The molecule has 0 radical (unpaired) electrons. The van der Waals surface area contributed by atoms with Crippen LogP contribution in [0.15, 0.2) is 54.6 Å². The molecule has 0 bridgehead atoms. The molecule has 1 unspecified atom stereocenters. The zero-order valence-corrected chi connectivity index (χ0v) is 15.7. The van der Waals surface area contributed by atoms with E-state index in [2.05, 4.69) is 51.1 Å². The highest BCUT2D eigenvalue weighted by Gasteiger charge is 2.53. The van der Waals surface area contributed by atoms with E-state index in [4.69, 9.17) is 0 Å². The van der Waals surface area contributed by atoms with Crippen LogP contribution in [0.5, 0.6) is 0 Å². The van der Waals surface area contributed by atoms with Crippen molar-refractivity contribution in [2.75, 3.05) is 11.9 Å². The van der Waals surface area contributed by atoms with Crippen LogP contribution >= 0.6 is 0 Å². The topological polar surface area (TPSA) is 23.5 Å². The van der Waals surface area contributed by atoms with Gasteiger partial charge in [-0.3, -0.25) is 0 Å². The van der Waals surface area contributed by atoms with E-state index in [0.29, 0.717) is 0 Å². The van der Waals surface area contributed by atoms with E-state index < -0.39 is 5.72 Å². The van der Waals surface area contributed by atoms with Gasteiger partial charge >= 0.3 is 0 Å². The Morgan fingerprint density at radius 2 is 1.67 bits per heavy atom. The van der Waals surface area contributed by atoms with Crippen molar-refractivity contribution in [2.24, 2.45) is 0 Å². The molecule has 0 amide bonds. The first-order valence-corrected chi connectivity index (χ1v) is 8.68. The molecule has 2 nitrogen and oxygen atoms in total. The summed E-state index contributed by atoms with van der Waals surface area (Å²) in [5, 5.41) is 11.4. The van der Waals surface area contributed by atoms with Gasteiger partial charge in [0.05, 0.1) is 0 Å². The second-order valence-electron chi connectivity index (χ2n) is 6.67. The number of anilines is 1. The zero-order chi connectivity index (χ0) is 18.0. The Bertz CT molecular complexity index is 732. The van der Waals surface area contributed by atoms with Gasteiger partial charge in [0.2, 0.25) is 0 Å². The molecule has 0 aromatic heterocycles. The van der Waals surface area contributed by atoms with Gasteiger partial charge in [0.25, 0.3) is 0 Å². The van der Waals surface area contributed by atoms with Crippen LogP contribution in [0.25, 0.3) is 6.08 Å². The Labute approximate surface area is 146 Å². The third-order valence-electron chi connectivity index (χ3n) is 4.92. The molecule has 0 aliphatic carbocycles. The number of aryl methyl sites for hydroxylation is 1. The Balaban J connectivity index is 0.00000100. The number of rotatable bonds is 2. The third kappa shape index (κ3) is 2.87. The number of hydrogen-bond acceptors (Lipinski definition) is 2. The molecule has 1 aliphatic rings. The minimum Gasteiger partial charge on any atom is -0.366 e. The first-order valence-electron chi connectivity index (χ1n) is 8.68. The number of fused-ring (bicyclic) bond motifs is 1. The second kappa shape index (κ2) is 6.82. The molecule has 128 valence electrons. The van der Waals surface area contributed by atoms with Crippen LogP contribution in [0.4, 0.5) is 5.69 Å². The fourth-order valence-corrected chi connectivity index (χ4v) is 3.40. The van der Waals surface area contributed by atoms with Gasteiger partial charge in [0, 0.05) is 18.2 Å². The van der Waals surface area contributed by atoms with E-state index in [1.807, 2.05) is 56.1 Å². The van der Waals surface area contributed by atoms with Crippen LogP contribution in [-0.2, 0) is 5.41 Å². The number of aliphatic hydroxyl groups is 1. The Morgan fingerprint density at radius 1 is 1.00 bits per heavy atom. The van der Waals surface area contributed by atoms with E-state index >= 15 is 0 Å². The molecule has 2 aromatic carbocycles. The van der Waals surface area contributed by atoms with Gasteiger partial charge in [0.1, 0.15) is 0 Å². The average Bonchev–Trinajstić information content (AvgIpc) is 2.74. The molecule has 0 spiro atoms. The van der Waals surface area contributed by atoms with E-state index in [1.54, 1.807) is 0 Å². The number of hydrogen-bond donors (Lipinski definition) is 1.